The van der Waals surface area contributed by atoms with E-state index in [-0.39, 0.29) is 0 Å². The van der Waals surface area contributed by atoms with Crippen molar-refractivity contribution in [3.8, 4) is 0 Å². The molecule has 1 heterocycles. The van der Waals surface area contributed by atoms with E-state index in [1.54, 1.807) is 6.20 Å². The zero-order chi connectivity index (χ0) is 12.1. The Kier molecular flexibility index (Phi) is 2.26. The first-order chi connectivity index (χ1) is 8.86. The summed E-state index contributed by atoms with van der Waals surface area (Å²) >= 11 is 0. The van der Waals surface area contributed by atoms with Gasteiger partial charge < -0.3 is 10.6 Å². The number of rotatable bonds is 4. The lowest BCUT2D eigenvalue weighted by Crippen LogP contribution is -2.14. The Morgan fingerprint density at radius 2 is 1.89 bits per heavy atom. The van der Waals surface area contributed by atoms with Crippen LogP contribution in [0.25, 0.3) is 0 Å². The molecule has 3 fully saturated rings. The molecular formula is C14H20N4. The third kappa shape index (κ3) is 1.51. The zero-order valence-electron chi connectivity index (χ0n) is 10.8. The molecule has 0 spiro atoms. The van der Waals surface area contributed by atoms with E-state index in [0.29, 0.717) is 6.04 Å². The highest BCUT2D eigenvalue weighted by molar-refractivity contribution is 5.44. The smallest absolute Gasteiger partial charge is 0.147 e. The van der Waals surface area contributed by atoms with Gasteiger partial charge in [0.25, 0.3) is 0 Å². The van der Waals surface area contributed by atoms with Crippen LogP contribution < -0.4 is 10.6 Å². The Balaban J connectivity index is 1.45. The maximum absolute atomic E-state index is 4.56. The first kappa shape index (κ1) is 10.6. The van der Waals surface area contributed by atoms with Gasteiger partial charge in [-0.05, 0) is 49.9 Å². The molecule has 4 rings (SSSR count). The second-order valence-electron chi connectivity index (χ2n) is 5.98. The molecule has 0 amide bonds. The molecule has 4 nitrogen and oxygen atoms in total. The molecule has 1 aromatic heterocycles. The van der Waals surface area contributed by atoms with E-state index in [1.165, 1.54) is 19.3 Å². The van der Waals surface area contributed by atoms with Crippen molar-refractivity contribution in [3.05, 3.63) is 12.4 Å². The highest BCUT2D eigenvalue weighted by atomic mass is 15.1. The molecule has 4 unspecified atom stereocenters. The maximum atomic E-state index is 4.56. The summed E-state index contributed by atoms with van der Waals surface area (Å²) in [6, 6.07) is 0.683. The Hall–Kier alpha value is -1.32. The quantitative estimate of drug-likeness (QED) is 0.853. The molecule has 1 aromatic rings. The van der Waals surface area contributed by atoms with Crippen LogP contribution in [0.4, 0.5) is 11.6 Å². The summed E-state index contributed by atoms with van der Waals surface area (Å²) in [5.41, 5.74) is 0. The molecule has 0 radical (unpaired) electrons. The summed E-state index contributed by atoms with van der Waals surface area (Å²) in [5.74, 6) is 5.69. The number of nitrogens with zero attached hydrogens (tertiary/aromatic N) is 2. The second kappa shape index (κ2) is 3.84. The van der Waals surface area contributed by atoms with E-state index in [0.717, 1.165) is 41.9 Å². The number of fused-ring (bicyclic) bond motifs is 5. The standard InChI is InChI=1S/C14H20N4/c1-2-16-10-6-15-7-11(17-10)18-14-12-8-3-4-9(5-8)13(12)14/h6-9,12-14H,2-5H2,1H3,(H2,16,17,18). The Bertz CT molecular complexity index is 445. The van der Waals surface area contributed by atoms with Crippen LogP contribution in [-0.4, -0.2) is 22.6 Å². The van der Waals surface area contributed by atoms with E-state index in [9.17, 15) is 0 Å². The molecule has 2 N–H and O–H groups in total. The molecule has 18 heavy (non-hydrogen) atoms. The molecule has 0 aromatic carbocycles. The average Bonchev–Trinajstić information content (AvgIpc) is 2.79. The fraction of sp³-hybridized carbons (Fsp3) is 0.714. The van der Waals surface area contributed by atoms with Gasteiger partial charge >= 0.3 is 0 Å². The number of nitrogens with one attached hydrogen (secondary N) is 2. The zero-order valence-corrected chi connectivity index (χ0v) is 10.8. The first-order valence-electron chi connectivity index (χ1n) is 7.19. The number of anilines is 2. The first-order valence-corrected chi connectivity index (χ1v) is 7.19. The lowest BCUT2D eigenvalue weighted by molar-refractivity contribution is 0.456. The maximum Gasteiger partial charge on any atom is 0.147 e. The lowest BCUT2D eigenvalue weighted by atomic mass is 10.0. The molecule has 3 aliphatic carbocycles. The van der Waals surface area contributed by atoms with Gasteiger partial charge in [-0.3, -0.25) is 4.98 Å². The van der Waals surface area contributed by atoms with E-state index in [4.69, 9.17) is 0 Å². The summed E-state index contributed by atoms with van der Waals surface area (Å²) < 4.78 is 0. The minimum absolute atomic E-state index is 0.683. The number of hydrogen-bond acceptors (Lipinski definition) is 4. The predicted octanol–water partition coefficient (Wildman–Crippen LogP) is 2.36. The van der Waals surface area contributed by atoms with E-state index < -0.39 is 0 Å². The average molecular weight is 244 g/mol. The molecule has 0 aliphatic heterocycles. The van der Waals surface area contributed by atoms with E-state index in [1.807, 2.05) is 6.20 Å². The molecule has 4 heteroatoms. The molecule has 2 bridgehead atoms. The predicted molar refractivity (Wildman–Crippen MR) is 71.4 cm³/mol. The fourth-order valence-electron chi connectivity index (χ4n) is 4.39. The van der Waals surface area contributed by atoms with Crippen LogP contribution in [0.2, 0.25) is 0 Å². The van der Waals surface area contributed by atoms with Crippen molar-refractivity contribution in [2.45, 2.75) is 32.2 Å². The summed E-state index contributed by atoms with van der Waals surface area (Å²) in [7, 11) is 0. The van der Waals surface area contributed by atoms with Crippen LogP contribution in [0.15, 0.2) is 12.4 Å². The molecular weight excluding hydrogens is 224 g/mol. The molecule has 96 valence electrons. The Morgan fingerprint density at radius 1 is 1.17 bits per heavy atom. The van der Waals surface area contributed by atoms with Crippen molar-refractivity contribution in [2.24, 2.45) is 23.7 Å². The van der Waals surface area contributed by atoms with Gasteiger partial charge in [-0.2, -0.15) is 0 Å². The van der Waals surface area contributed by atoms with Crippen LogP contribution >= 0.6 is 0 Å². The normalized spacial score (nSPS) is 39.5. The summed E-state index contributed by atoms with van der Waals surface area (Å²) in [6.45, 7) is 2.96. The monoisotopic (exact) mass is 244 g/mol. The van der Waals surface area contributed by atoms with Crippen molar-refractivity contribution in [3.63, 3.8) is 0 Å². The minimum Gasteiger partial charge on any atom is -0.369 e. The van der Waals surface area contributed by atoms with Gasteiger partial charge in [-0.15, -0.1) is 0 Å². The van der Waals surface area contributed by atoms with Crippen molar-refractivity contribution in [2.75, 3.05) is 17.2 Å². The van der Waals surface area contributed by atoms with Crippen LogP contribution in [0.1, 0.15) is 26.2 Å². The van der Waals surface area contributed by atoms with E-state index in [2.05, 4.69) is 27.5 Å². The van der Waals surface area contributed by atoms with Gasteiger partial charge in [0.05, 0.1) is 12.4 Å². The Morgan fingerprint density at radius 3 is 2.61 bits per heavy atom. The highest BCUT2D eigenvalue weighted by Crippen LogP contribution is 2.66. The fourth-order valence-corrected chi connectivity index (χ4v) is 4.39. The third-order valence-corrected chi connectivity index (χ3v) is 5.04. The van der Waals surface area contributed by atoms with Gasteiger partial charge in [0, 0.05) is 12.6 Å². The largest absolute Gasteiger partial charge is 0.369 e. The molecule has 4 atom stereocenters. The summed E-state index contributed by atoms with van der Waals surface area (Å²) in [4.78, 5) is 8.80. The van der Waals surface area contributed by atoms with Crippen molar-refractivity contribution in [1.29, 1.82) is 0 Å². The van der Waals surface area contributed by atoms with Gasteiger partial charge in [0.15, 0.2) is 0 Å². The lowest BCUT2D eigenvalue weighted by Gasteiger charge is -2.11. The Labute approximate surface area is 108 Å². The van der Waals surface area contributed by atoms with Crippen LogP contribution in [0, 0.1) is 23.7 Å². The van der Waals surface area contributed by atoms with Gasteiger partial charge in [-0.1, -0.05) is 0 Å². The molecule has 3 saturated carbocycles. The molecule has 0 saturated heterocycles. The summed E-state index contributed by atoms with van der Waals surface area (Å²) in [5, 5.41) is 6.81. The van der Waals surface area contributed by atoms with Gasteiger partial charge in [0.2, 0.25) is 0 Å². The summed E-state index contributed by atoms with van der Waals surface area (Å²) in [6.07, 6.45) is 8.06. The highest BCUT2D eigenvalue weighted by Gasteiger charge is 2.65. The minimum atomic E-state index is 0.683. The third-order valence-electron chi connectivity index (χ3n) is 5.04. The van der Waals surface area contributed by atoms with Crippen molar-refractivity contribution >= 4 is 11.6 Å². The van der Waals surface area contributed by atoms with Crippen molar-refractivity contribution in [1.82, 2.24) is 9.97 Å². The van der Waals surface area contributed by atoms with Crippen molar-refractivity contribution < 1.29 is 0 Å². The van der Waals surface area contributed by atoms with E-state index >= 15 is 0 Å². The van der Waals surface area contributed by atoms with Crippen LogP contribution in [-0.2, 0) is 0 Å². The number of hydrogen-bond donors (Lipinski definition) is 2. The topological polar surface area (TPSA) is 49.8 Å². The van der Waals surface area contributed by atoms with Crippen LogP contribution in [0.5, 0.6) is 0 Å². The van der Waals surface area contributed by atoms with Crippen LogP contribution in [0.3, 0.4) is 0 Å². The SMILES string of the molecule is CCNc1cncc(NC2C3C4CCC(C4)C23)n1. The molecule has 3 aliphatic rings. The van der Waals surface area contributed by atoms with Gasteiger partial charge in [-0.25, -0.2) is 4.98 Å². The number of aromatic nitrogens is 2. The second-order valence-corrected chi connectivity index (χ2v) is 5.98. The van der Waals surface area contributed by atoms with Gasteiger partial charge in [0.1, 0.15) is 11.6 Å².